The van der Waals surface area contributed by atoms with Crippen molar-refractivity contribution in [2.45, 2.75) is 32.6 Å². The average Bonchev–Trinajstić information content (AvgIpc) is 2.60. The van der Waals surface area contributed by atoms with Crippen LogP contribution in [0.2, 0.25) is 5.02 Å². The van der Waals surface area contributed by atoms with Crippen LogP contribution in [0.15, 0.2) is 6.07 Å². The minimum Gasteiger partial charge on any atom is -0.489 e. The van der Waals surface area contributed by atoms with Gasteiger partial charge in [-0.25, -0.2) is 0 Å². The van der Waals surface area contributed by atoms with E-state index in [2.05, 4.69) is 0 Å². The number of carbonyl (C=O) groups is 1. The van der Waals surface area contributed by atoms with Gasteiger partial charge in [0.25, 0.3) is 0 Å². The highest BCUT2D eigenvalue weighted by Crippen LogP contribution is 2.40. The molecule has 1 aliphatic rings. The minimum absolute atomic E-state index is 0.0619. The summed E-state index contributed by atoms with van der Waals surface area (Å²) in [5.74, 6) is 0.563. The van der Waals surface area contributed by atoms with Gasteiger partial charge in [0.05, 0.1) is 13.2 Å². The van der Waals surface area contributed by atoms with Crippen LogP contribution in [0.3, 0.4) is 0 Å². The number of rotatable bonds is 4. The zero-order chi connectivity index (χ0) is 13.8. The molecule has 0 saturated carbocycles. The third kappa shape index (κ3) is 3.13. The Kier molecular flexibility index (Phi) is 4.53. The molecule has 0 saturated heterocycles. The topological polar surface area (TPSA) is 55.8 Å². The quantitative estimate of drug-likeness (QED) is 0.923. The highest BCUT2D eigenvalue weighted by atomic mass is 35.5. The van der Waals surface area contributed by atoms with Gasteiger partial charge >= 0.3 is 5.97 Å². The molecule has 5 heteroatoms. The van der Waals surface area contributed by atoms with Crippen molar-refractivity contribution < 1.29 is 19.4 Å². The summed E-state index contributed by atoms with van der Waals surface area (Å²) in [6, 6.07) is 1.73. The zero-order valence-electron chi connectivity index (χ0n) is 10.9. The lowest BCUT2D eigenvalue weighted by Crippen LogP contribution is -2.04. The van der Waals surface area contributed by atoms with Crippen LogP contribution >= 0.6 is 11.6 Å². The van der Waals surface area contributed by atoms with Crippen LogP contribution in [0, 0.1) is 0 Å². The minimum atomic E-state index is -0.828. The maximum Gasteiger partial charge on any atom is 0.303 e. The lowest BCUT2D eigenvalue weighted by molar-refractivity contribution is -0.136. The van der Waals surface area contributed by atoms with Crippen LogP contribution in [-0.2, 0) is 17.6 Å². The molecule has 0 amide bonds. The lowest BCUT2D eigenvalue weighted by atomic mass is 9.99. The van der Waals surface area contributed by atoms with Crippen LogP contribution in [-0.4, -0.2) is 24.3 Å². The van der Waals surface area contributed by atoms with Crippen molar-refractivity contribution >= 4 is 17.6 Å². The molecule has 104 valence electrons. The normalized spacial score (nSPS) is 14.0. The molecule has 1 aromatic carbocycles. The first-order valence-electron chi connectivity index (χ1n) is 6.45. The van der Waals surface area contributed by atoms with Crippen LogP contribution < -0.4 is 9.47 Å². The molecular weight excluding hydrogens is 268 g/mol. The van der Waals surface area contributed by atoms with Gasteiger partial charge in [0.2, 0.25) is 0 Å². The number of hydrogen-bond acceptors (Lipinski definition) is 3. The summed E-state index contributed by atoms with van der Waals surface area (Å²) in [6.45, 7) is 3.23. The van der Waals surface area contributed by atoms with Gasteiger partial charge in [-0.15, -0.1) is 0 Å². The summed E-state index contributed by atoms with van der Waals surface area (Å²) < 4.78 is 11.4. The van der Waals surface area contributed by atoms with Crippen molar-refractivity contribution in [2.75, 3.05) is 13.2 Å². The highest BCUT2D eigenvalue weighted by molar-refractivity contribution is 6.31. The number of aliphatic carboxylic acids is 1. The molecule has 0 unspecified atom stereocenters. The number of fused-ring (bicyclic) bond motifs is 1. The Balaban J connectivity index is 2.42. The molecule has 0 atom stereocenters. The van der Waals surface area contributed by atoms with Crippen molar-refractivity contribution in [1.82, 2.24) is 0 Å². The number of carboxylic acid groups (broad SMARTS) is 1. The monoisotopic (exact) mass is 284 g/mol. The second-order valence-electron chi connectivity index (χ2n) is 4.44. The molecule has 0 fully saturated rings. The molecule has 0 aromatic heterocycles. The van der Waals surface area contributed by atoms with E-state index in [1.54, 1.807) is 6.07 Å². The van der Waals surface area contributed by atoms with Gasteiger partial charge < -0.3 is 14.6 Å². The second-order valence-corrected chi connectivity index (χ2v) is 4.85. The fraction of sp³-hybridized carbons (Fsp3) is 0.500. The Morgan fingerprint density at radius 2 is 2.11 bits per heavy atom. The Morgan fingerprint density at radius 3 is 2.79 bits per heavy atom. The standard InChI is InChI=1S/C14H17ClO4/c1-2-9-10(4-5-13(16)17)11(15)8-12-14(9)19-7-3-6-18-12/h8H,2-7H2,1H3,(H,16,17). The molecule has 2 rings (SSSR count). The van der Waals surface area contributed by atoms with Gasteiger partial charge in [0.15, 0.2) is 11.5 Å². The summed E-state index contributed by atoms with van der Waals surface area (Å²) in [6.07, 6.45) is 2.04. The average molecular weight is 285 g/mol. The highest BCUT2D eigenvalue weighted by Gasteiger charge is 2.20. The predicted octanol–water partition coefficient (Wildman–Crippen LogP) is 3.08. The first kappa shape index (κ1) is 14.0. The van der Waals surface area contributed by atoms with Gasteiger partial charge in [-0.05, 0) is 18.4 Å². The fourth-order valence-electron chi connectivity index (χ4n) is 2.25. The summed E-state index contributed by atoms with van der Waals surface area (Å²) in [5, 5.41) is 9.37. The second kappa shape index (κ2) is 6.15. The van der Waals surface area contributed by atoms with Crippen molar-refractivity contribution in [3.05, 3.63) is 22.2 Å². The van der Waals surface area contributed by atoms with E-state index in [0.717, 1.165) is 29.7 Å². The summed E-state index contributed by atoms with van der Waals surface area (Å²) in [4.78, 5) is 10.7. The van der Waals surface area contributed by atoms with Crippen LogP contribution in [0.25, 0.3) is 0 Å². The molecular formula is C14H17ClO4. The molecule has 0 radical (unpaired) electrons. The zero-order valence-corrected chi connectivity index (χ0v) is 11.6. The lowest BCUT2D eigenvalue weighted by Gasteiger charge is -2.17. The van der Waals surface area contributed by atoms with Crippen molar-refractivity contribution in [3.63, 3.8) is 0 Å². The molecule has 0 bridgehead atoms. The number of halogens is 1. The van der Waals surface area contributed by atoms with Crippen LogP contribution in [0.5, 0.6) is 11.5 Å². The van der Waals surface area contributed by atoms with E-state index in [0.29, 0.717) is 30.4 Å². The van der Waals surface area contributed by atoms with Crippen molar-refractivity contribution in [1.29, 1.82) is 0 Å². The first-order chi connectivity index (χ1) is 9.13. The summed E-state index contributed by atoms with van der Waals surface area (Å²) in [5.41, 5.74) is 1.82. The molecule has 1 heterocycles. The molecule has 0 aliphatic carbocycles. The number of ether oxygens (including phenoxy) is 2. The van der Waals surface area contributed by atoms with Crippen molar-refractivity contribution in [2.24, 2.45) is 0 Å². The maximum absolute atomic E-state index is 10.7. The predicted molar refractivity (Wildman–Crippen MR) is 72.4 cm³/mol. The Morgan fingerprint density at radius 1 is 1.37 bits per heavy atom. The van der Waals surface area contributed by atoms with Gasteiger partial charge in [0.1, 0.15) is 0 Å². The number of carboxylic acids is 1. The first-order valence-corrected chi connectivity index (χ1v) is 6.83. The van der Waals surface area contributed by atoms with Gasteiger partial charge in [0, 0.05) is 29.5 Å². The molecule has 1 aliphatic heterocycles. The molecule has 0 spiro atoms. The summed E-state index contributed by atoms with van der Waals surface area (Å²) in [7, 11) is 0. The number of hydrogen-bond donors (Lipinski definition) is 1. The van der Waals surface area contributed by atoms with Crippen molar-refractivity contribution in [3.8, 4) is 11.5 Å². The van der Waals surface area contributed by atoms with Gasteiger partial charge in [-0.1, -0.05) is 18.5 Å². The van der Waals surface area contributed by atoms with Gasteiger partial charge in [-0.3, -0.25) is 4.79 Å². The SMILES string of the molecule is CCc1c(CCC(=O)O)c(Cl)cc2c1OCCCO2. The van der Waals surface area contributed by atoms with Gasteiger partial charge in [-0.2, -0.15) is 0 Å². The Bertz CT molecular complexity index is 485. The van der Waals surface area contributed by atoms with Crippen LogP contribution in [0.4, 0.5) is 0 Å². The molecule has 19 heavy (non-hydrogen) atoms. The third-order valence-electron chi connectivity index (χ3n) is 3.14. The fourth-order valence-corrected chi connectivity index (χ4v) is 2.56. The number of benzene rings is 1. The van der Waals surface area contributed by atoms with E-state index in [-0.39, 0.29) is 6.42 Å². The van der Waals surface area contributed by atoms with E-state index >= 15 is 0 Å². The molecule has 1 N–H and O–H groups in total. The van der Waals surface area contributed by atoms with E-state index < -0.39 is 5.97 Å². The van der Waals surface area contributed by atoms with E-state index in [1.807, 2.05) is 6.92 Å². The smallest absolute Gasteiger partial charge is 0.303 e. The largest absolute Gasteiger partial charge is 0.489 e. The third-order valence-corrected chi connectivity index (χ3v) is 3.48. The van der Waals surface area contributed by atoms with E-state index in [1.165, 1.54) is 0 Å². The Labute approximate surface area is 117 Å². The molecule has 4 nitrogen and oxygen atoms in total. The van der Waals surface area contributed by atoms with E-state index in [9.17, 15) is 4.79 Å². The Hall–Kier alpha value is -1.42. The summed E-state index contributed by atoms with van der Waals surface area (Å²) >= 11 is 6.25. The molecule has 1 aromatic rings. The van der Waals surface area contributed by atoms with Crippen LogP contribution in [0.1, 0.15) is 30.9 Å². The van der Waals surface area contributed by atoms with E-state index in [4.69, 9.17) is 26.2 Å². The maximum atomic E-state index is 10.7.